The van der Waals surface area contributed by atoms with E-state index in [1.807, 2.05) is 0 Å². The van der Waals surface area contributed by atoms with Gasteiger partial charge in [0.25, 0.3) is 0 Å². The molecule has 1 aromatic carbocycles. The van der Waals surface area contributed by atoms with Gasteiger partial charge in [0, 0.05) is 20.4 Å². The third-order valence-electron chi connectivity index (χ3n) is 9.21. The molecule has 1 N–H and O–H groups in total. The third-order valence-corrected chi connectivity index (χ3v) is 14.8. The number of pyridine rings is 1. The second-order valence-electron chi connectivity index (χ2n) is 13.5. The predicted molar refractivity (Wildman–Crippen MR) is 162 cm³/mol. The molecule has 0 radical (unpaired) electrons. The van der Waals surface area contributed by atoms with Crippen LogP contribution in [0.5, 0.6) is 0 Å². The van der Waals surface area contributed by atoms with Crippen molar-refractivity contribution in [3.05, 3.63) is 49.8 Å². The van der Waals surface area contributed by atoms with E-state index in [2.05, 4.69) is 102 Å². The van der Waals surface area contributed by atoms with Crippen LogP contribution in [0, 0.1) is 8.99 Å². The number of fused-ring (bicyclic) bond motifs is 1. The molecule has 0 amide bonds. The Hall–Kier alpha value is -0.763. The summed E-state index contributed by atoms with van der Waals surface area (Å²) in [5, 5.41) is 10.5. The van der Waals surface area contributed by atoms with Crippen LogP contribution in [0.15, 0.2) is 18.2 Å². The van der Waals surface area contributed by atoms with Gasteiger partial charge in [0.2, 0.25) is 0 Å². The number of hydrogen-bond acceptors (Lipinski definition) is 3. The molecule has 198 valence electrons. The monoisotopic (exact) mass is 619 g/mol. The smallest absolute Gasteiger partial charge is 0.192 e. The quantitative estimate of drug-likeness (QED) is 0.259. The molecule has 0 unspecified atom stereocenters. The number of aliphatic hydroxyl groups excluding tert-OH is 1. The summed E-state index contributed by atoms with van der Waals surface area (Å²) >= 11 is 2.59. The Morgan fingerprint density at radius 2 is 1.81 bits per heavy atom. The van der Waals surface area contributed by atoms with Crippen LogP contribution in [-0.2, 0) is 17.5 Å². The van der Waals surface area contributed by atoms with E-state index in [1.165, 1.54) is 45.2 Å². The van der Waals surface area contributed by atoms with Gasteiger partial charge in [-0.05, 0) is 100 Å². The highest BCUT2D eigenvalue weighted by atomic mass is 127. The number of benzene rings is 1. The highest BCUT2D eigenvalue weighted by Gasteiger charge is 2.49. The fourth-order valence-corrected chi connectivity index (χ4v) is 8.20. The summed E-state index contributed by atoms with van der Waals surface area (Å²) in [5.41, 5.74) is 8.76. The number of aromatic nitrogens is 1. The van der Waals surface area contributed by atoms with Gasteiger partial charge in [-0.25, -0.2) is 0 Å². The summed E-state index contributed by atoms with van der Waals surface area (Å²) in [5.74, 6) is 0.725. The molecule has 36 heavy (non-hydrogen) atoms. The van der Waals surface area contributed by atoms with Crippen molar-refractivity contribution in [3.63, 3.8) is 0 Å². The maximum Gasteiger partial charge on any atom is 0.192 e. The second-order valence-corrected chi connectivity index (χ2v) is 19.4. The standard InChI is InChI=1S/C31H46INO2Si/c1-19(2)21-11-12-22(18-34)23(15-21)26-28(32)27-24(33-29(26)20(3)4)16-31(13-10-14-31)17-25(27)35-36(8,9)30(5,6)7/h11-12,15,19-20,25,34H,10,13-14,16-18H2,1-9H3/t25-/m0/s1. The molecule has 0 saturated heterocycles. The van der Waals surface area contributed by atoms with Crippen molar-refractivity contribution in [1.82, 2.24) is 4.98 Å². The average Bonchev–Trinajstić information content (AvgIpc) is 2.75. The first-order valence-corrected chi connectivity index (χ1v) is 17.8. The SMILES string of the molecule is CC(C)c1ccc(CO)c(-c2c(C(C)C)nc3c(c2I)[C@@H](O[Si](C)(C)C(C)(C)C)CC2(CCC2)C3)c1. The Bertz CT molecular complexity index is 1130. The molecule has 3 nitrogen and oxygen atoms in total. The van der Waals surface area contributed by atoms with E-state index in [0.29, 0.717) is 17.3 Å². The molecule has 1 saturated carbocycles. The summed E-state index contributed by atoms with van der Waals surface area (Å²) in [6.45, 7) is 20.8. The van der Waals surface area contributed by atoms with E-state index in [-0.39, 0.29) is 17.7 Å². The lowest BCUT2D eigenvalue weighted by atomic mass is 9.59. The molecule has 2 aromatic rings. The van der Waals surface area contributed by atoms with Gasteiger partial charge in [0.15, 0.2) is 8.32 Å². The largest absolute Gasteiger partial charge is 0.410 e. The second kappa shape index (κ2) is 10.1. The molecule has 0 aliphatic heterocycles. The molecule has 1 fully saturated rings. The molecular weight excluding hydrogens is 573 g/mol. The zero-order chi connectivity index (χ0) is 26.6. The van der Waals surface area contributed by atoms with E-state index >= 15 is 0 Å². The van der Waals surface area contributed by atoms with E-state index in [9.17, 15) is 5.11 Å². The Balaban J connectivity index is 1.96. The normalized spacial score (nSPS) is 19.6. The molecule has 5 heteroatoms. The topological polar surface area (TPSA) is 42.4 Å². The molecule has 0 bridgehead atoms. The maximum atomic E-state index is 10.3. The van der Waals surface area contributed by atoms with E-state index in [1.54, 1.807) is 0 Å². The van der Waals surface area contributed by atoms with Gasteiger partial charge in [-0.2, -0.15) is 0 Å². The average molecular weight is 620 g/mol. The van der Waals surface area contributed by atoms with Crippen molar-refractivity contribution in [1.29, 1.82) is 0 Å². The van der Waals surface area contributed by atoms with Gasteiger partial charge in [0.1, 0.15) is 0 Å². The van der Waals surface area contributed by atoms with Crippen LogP contribution in [0.2, 0.25) is 18.1 Å². The first-order valence-electron chi connectivity index (χ1n) is 13.8. The summed E-state index contributed by atoms with van der Waals surface area (Å²) in [4.78, 5) is 5.47. The van der Waals surface area contributed by atoms with Crippen LogP contribution in [0.4, 0.5) is 0 Å². The molecule has 1 atom stereocenters. The fraction of sp³-hybridized carbons (Fsp3) is 0.645. The highest BCUT2D eigenvalue weighted by Crippen LogP contribution is 2.57. The van der Waals surface area contributed by atoms with Crippen LogP contribution in [-0.4, -0.2) is 18.4 Å². The van der Waals surface area contributed by atoms with E-state index in [0.717, 1.165) is 29.7 Å². The lowest BCUT2D eigenvalue weighted by molar-refractivity contribution is 0.0296. The molecule has 4 rings (SSSR count). The summed E-state index contributed by atoms with van der Waals surface area (Å²) in [7, 11) is -1.98. The van der Waals surface area contributed by atoms with Crippen molar-refractivity contribution >= 4 is 30.9 Å². The lowest BCUT2D eigenvalue weighted by Gasteiger charge is -2.50. The van der Waals surface area contributed by atoms with Crippen LogP contribution in [0.3, 0.4) is 0 Å². The van der Waals surface area contributed by atoms with Gasteiger partial charge in [-0.1, -0.05) is 73.1 Å². The van der Waals surface area contributed by atoms with Crippen molar-refractivity contribution in [2.45, 2.75) is 123 Å². The van der Waals surface area contributed by atoms with Gasteiger partial charge in [-0.15, -0.1) is 0 Å². The minimum Gasteiger partial charge on any atom is -0.410 e. The number of hydrogen-bond donors (Lipinski definition) is 1. The van der Waals surface area contributed by atoms with Crippen molar-refractivity contribution in [3.8, 4) is 11.1 Å². The molecule has 1 spiro atoms. The Morgan fingerprint density at radius 1 is 1.14 bits per heavy atom. The molecule has 1 heterocycles. The Kier molecular flexibility index (Phi) is 7.91. The third kappa shape index (κ3) is 5.11. The predicted octanol–water partition coefficient (Wildman–Crippen LogP) is 9.27. The number of nitrogens with zero attached hydrogens (tertiary/aromatic N) is 1. The number of rotatable bonds is 6. The van der Waals surface area contributed by atoms with Crippen LogP contribution >= 0.6 is 22.6 Å². The highest BCUT2D eigenvalue weighted by molar-refractivity contribution is 14.1. The summed E-state index contributed by atoms with van der Waals surface area (Å²) in [6.07, 6.45) is 6.21. The number of aliphatic hydroxyl groups is 1. The number of halogens is 1. The van der Waals surface area contributed by atoms with Gasteiger partial charge < -0.3 is 9.53 Å². The van der Waals surface area contributed by atoms with Gasteiger partial charge in [-0.3, -0.25) is 4.98 Å². The Morgan fingerprint density at radius 3 is 2.31 bits per heavy atom. The van der Waals surface area contributed by atoms with Crippen molar-refractivity contribution in [2.24, 2.45) is 5.41 Å². The lowest BCUT2D eigenvalue weighted by Crippen LogP contribution is -2.46. The van der Waals surface area contributed by atoms with Gasteiger partial charge >= 0.3 is 0 Å². The van der Waals surface area contributed by atoms with Crippen LogP contribution < -0.4 is 0 Å². The van der Waals surface area contributed by atoms with Gasteiger partial charge in [0.05, 0.1) is 18.4 Å². The molecular formula is C31H46INO2Si. The summed E-state index contributed by atoms with van der Waals surface area (Å²) in [6, 6.07) is 6.57. The fourth-order valence-electron chi connectivity index (χ4n) is 5.71. The first-order chi connectivity index (χ1) is 16.7. The van der Waals surface area contributed by atoms with Crippen LogP contribution in [0.1, 0.15) is 120 Å². The van der Waals surface area contributed by atoms with Crippen molar-refractivity contribution in [2.75, 3.05) is 0 Å². The minimum atomic E-state index is -1.98. The molecule has 2 aliphatic rings. The zero-order valence-corrected chi connectivity index (χ0v) is 27.0. The Labute approximate surface area is 234 Å². The van der Waals surface area contributed by atoms with E-state index in [4.69, 9.17) is 9.41 Å². The van der Waals surface area contributed by atoms with Crippen LogP contribution in [0.25, 0.3) is 11.1 Å². The molecule has 2 aliphatic carbocycles. The van der Waals surface area contributed by atoms with Crippen molar-refractivity contribution < 1.29 is 9.53 Å². The first kappa shape index (κ1) is 28.3. The minimum absolute atomic E-state index is 0.0332. The van der Waals surface area contributed by atoms with E-state index < -0.39 is 8.32 Å². The maximum absolute atomic E-state index is 10.3. The summed E-state index contributed by atoms with van der Waals surface area (Å²) < 4.78 is 8.52. The zero-order valence-electron chi connectivity index (χ0n) is 23.9. The molecule has 1 aromatic heterocycles.